The first kappa shape index (κ1) is 19.5. The second-order valence-electron chi connectivity index (χ2n) is 6.08. The molecule has 2 aromatic carbocycles. The number of nitrogens with one attached hydrogen (secondary N) is 2. The Morgan fingerprint density at radius 3 is 2.35 bits per heavy atom. The van der Waals surface area contributed by atoms with Crippen molar-refractivity contribution in [3.8, 4) is 0 Å². The van der Waals surface area contributed by atoms with Gasteiger partial charge < -0.3 is 5.32 Å². The molecule has 1 saturated carbocycles. The van der Waals surface area contributed by atoms with Crippen LogP contribution in [0.2, 0.25) is 15.1 Å². The maximum atomic E-state index is 12.6. The third kappa shape index (κ3) is 4.32. The number of halogens is 3. The normalized spacial score (nSPS) is 14.3. The van der Waals surface area contributed by atoms with E-state index in [4.69, 9.17) is 34.8 Å². The van der Waals surface area contributed by atoms with E-state index in [-0.39, 0.29) is 26.5 Å². The smallest absolute Gasteiger partial charge is 0.257 e. The highest BCUT2D eigenvalue weighted by atomic mass is 35.5. The number of hydrogen-bond acceptors (Lipinski definition) is 3. The van der Waals surface area contributed by atoms with Crippen molar-refractivity contribution < 1.29 is 13.2 Å². The van der Waals surface area contributed by atoms with Gasteiger partial charge in [-0.3, -0.25) is 4.79 Å². The lowest BCUT2D eigenvalue weighted by Crippen LogP contribution is -2.26. The SMILES string of the molecule is Cc1ccc(NC(=O)c2cc(S(=O)(=O)NC3CC3)c(Cl)cc2Cl)cc1Cl. The predicted molar refractivity (Wildman–Crippen MR) is 104 cm³/mol. The lowest BCUT2D eigenvalue weighted by molar-refractivity contribution is 0.102. The molecule has 1 aliphatic rings. The van der Waals surface area contributed by atoms with E-state index in [0.29, 0.717) is 10.7 Å². The van der Waals surface area contributed by atoms with Crippen molar-refractivity contribution in [2.75, 3.05) is 5.32 Å². The fourth-order valence-electron chi connectivity index (χ4n) is 2.26. The summed E-state index contributed by atoms with van der Waals surface area (Å²) in [5.74, 6) is -0.561. The summed E-state index contributed by atoms with van der Waals surface area (Å²) in [7, 11) is -3.83. The van der Waals surface area contributed by atoms with Crippen molar-refractivity contribution in [2.24, 2.45) is 0 Å². The lowest BCUT2D eigenvalue weighted by atomic mass is 10.2. The molecule has 0 spiro atoms. The predicted octanol–water partition coefficient (Wildman–Crippen LogP) is 4.65. The first-order chi connectivity index (χ1) is 12.2. The van der Waals surface area contributed by atoms with Gasteiger partial charge in [0.25, 0.3) is 5.91 Å². The van der Waals surface area contributed by atoms with Gasteiger partial charge in [0.1, 0.15) is 4.90 Å². The minimum Gasteiger partial charge on any atom is -0.322 e. The first-order valence-electron chi connectivity index (χ1n) is 7.76. The van der Waals surface area contributed by atoms with Gasteiger partial charge in [0, 0.05) is 16.8 Å². The van der Waals surface area contributed by atoms with E-state index in [9.17, 15) is 13.2 Å². The van der Waals surface area contributed by atoms with Crippen LogP contribution >= 0.6 is 34.8 Å². The molecule has 0 aromatic heterocycles. The number of aryl methyl sites for hydroxylation is 1. The van der Waals surface area contributed by atoms with Gasteiger partial charge in [-0.15, -0.1) is 0 Å². The van der Waals surface area contributed by atoms with Gasteiger partial charge in [0.2, 0.25) is 10.0 Å². The summed E-state index contributed by atoms with van der Waals surface area (Å²) in [5.41, 5.74) is 1.34. The number of amides is 1. The minimum atomic E-state index is -3.83. The summed E-state index contributed by atoms with van der Waals surface area (Å²) in [6, 6.07) is 7.40. The van der Waals surface area contributed by atoms with Crippen LogP contribution in [-0.4, -0.2) is 20.4 Å². The second-order valence-corrected chi connectivity index (χ2v) is 8.98. The molecule has 2 aromatic rings. The molecular formula is C17H15Cl3N2O3S. The zero-order chi connectivity index (χ0) is 19.1. The molecule has 0 radical (unpaired) electrons. The van der Waals surface area contributed by atoms with Gasteiger partial charge in [0.05, 0.1) is 15.6 Å². The van der Waals surface area contributed by atoms with E-state index in [1.54, 1.807) is 18.2 Å². The maximum absolute atomic E-state index is 12.6. The zero-order valence-corrected chi connectivity index (χ0v) is 16.7. The summed E-state index contributed by atoms with van der Waals surface area (Å²) in [5, 5.41) is 3.16. The second kappa shape index (κ2) is 7.37. The molecule has 3 rings (SSSR count). The molecule has 0 unspecified atom stereocenters. The van der Waals surface area contributed by atoms with E-state index in [1.165, 1.54) is 12.1 Å². The number of benzene rings is 2. The Bertz CT molecular complexity index is 989. The number of anilines is 1. The molecule has 0 bridgehead atoms. The molecule has 1 aliphatic carbocycles. The number of rotatable bonds is 5. The van der Waals surface area contributed by atoms with Gasteiger partial charge >= 0.3 is 0 Å². The van der Waals surface area contributed by atoms with Crippen LogP contribution in [0.4, 0.5) is 5.69 Å². The van der Waals surface area contributed by atoms with E-state index < -0.39 is 15.9 Å². The van der Waals surface area contributed by atoms with Crippen molar-refractivity contribution >= 4 is 56.4 Å². The molecule has 5 nitrogen and oxygen atoms in total. The van der Waals surface area contributed by atoms with E-state index >= 15 is 0 Å². The monoisotopic (exact) mass is 432 g/mol. The molecule has 9 heteroatoms. The number of carbonyl (C=O) groups is 1. The average Bonchev–Trinajstić information content (AvgIpc) is 3.33. The standard InChI is InChI=1S/C17H15Cl3N2O3S/c1-9-2-3-11(6-13(9)18)21-17(23)12-7-16(15(20)8-14(12)19)26(24,25)22-10-4-5-10/h2-3,6-8,10,22H,4-5H2,1H3,(H,21,23). The Hall–Kier alpha value is -1.31. The highest BCUT2D eigenvalue weighted by molar-refractivity contribution is 7.89. The largest absolute Gasteiger partial charge is 0.322 e. The van der Waals surface area contributed by atoms with Gasteiger partial charge in [-0.25, -0.2) is 13.1 Å². The van der Waals surface area contributed by atoms with Crippen molar-refractivity contribution in [3.63, 3.8) is 0 Å². The Labute approximate surface area is 166 Å². The maximum Gasteiger partial charge on any atom is 0.257 e. The van der Waals surface area contributed by atoms with Gasteiger partial charge in [-0.2, -0.15) is 0 Å². The molecule has 26 heavy (non-hydrogen) atoms. The summed E-state index contributed by atoms with van der Waals surface area (Å²) < 4.78 is 27.4. The summed E-state index contributed by atoms with van der Waals surface area (Å²) in [4.78, 5) is 12.4. The van der Waals surface area contributed by atoms with Crippen molar-refractivity contribution in [1.82, 2.24) is 4.72 Å². The topological polar surface area (TPSA) is 75.3 Å². The average molecular weight is 434 g/mol. The molecule has 1 fully saturated rings. The molecule has 138 valence electrons. The third-order valence-electron chi connectivity index (χ3n) is 3.88. The van der Waals surface area contributed by atoms with E-state index in [2.05, 4.69) is 10.0 Å². The van der Waals surface area contributed by atoms with E-state index in [1.807, 2.05) is 6.92 Å². The van der Waals surface area contributed by atoms with Crippen molar-refractivity contribution in [1.29, 1.82) is 0 Å². The van der Waals surface area contributed by atoms with Crippen molar-refractivity contribution in [3.05, 3.63) is 56.5 Å². The number of hydrogen-bond donors (Lipinski definition) is 2. The molecule has 2 N–H and O–H groups in total. The quantitative estimate of drug-likeness (QED) is 0.721. The molecule has 0 heterocycles. The van der Waals surface area contributed by atoms with Crippen LogP contribution in [0.25, 0.3) is 0 Å². The molecule has 0 aliphatic heterocycles. The summed E-state index contributed by atoms with van der Waals surface area (Å²) >= 11 is 18.2. The molecular weight excluding hydrogens is 419 g/mol. The first-order valence-corrected chi connectivity index (χ1v) is 10.4. The molecule has 1 amide bonds. The number of sulfonamides is 1. The third-order valence-corrected chi connectivity index (χ3v) is 6.59. The lowest BCUT2D eigenvalue weighted by Gasteiger charge is -2.12. The fraction of sp³-hybridized carbons (Fsp3) is 0.235. The van der Waals surface area contributed by atoms with Crippen LogP contribution in [0.3, 0.4) is 0 Å². The minimum absolute atomic E-state index is 0.00364. The van der Waals surface area contributed by atoms with Crippen LogP contribution in [0.1, 0.15) is 28.8 Å². The van der Waals surface area contributed by atoms with Crippen LogP contribution in [0.15, 0.2) is 35.2 Å². The van der Waals surface area contributed by atoms with Gasteiger partial charge in [-0.1, -0.05) is 40.9 Å². The Kier molecular flexibility index (Phi) is 5.51. The Morgan fingerprint density at radius 2 is 1.73 bits per heavy atom. The van der Waals surface area contributed by atoms with Crippen molar-refractivity contribution in [2.45, 2.75) is 30.7 Å². The molecule has 0 saturated heterocycles. The van der Waals surface area contributed by atoms with Crippen LogP contribution in [-0.2, 0) is 10.0 Å². The summed E-state index contributed by atoms with van der Waals surface area (Å²) in [6.45, 7) is 1.84. The van der Waals surface area contributed by atoms with Crippen LogP contribution < -0.4 is 10.0 Å². The Morgan fingerprint density at radius 1 is 1.04 bits per heavy atom. The fourth-order valence-corrected chi connectivity index (χ4v) is 4.61. The zero-order valence-electron chi connectivity index (χ0n) is 13.6. The Balaban J connectivity index is 1.92. The number of carbonyl (C=O) groups excluding carboxylic acids is 1. The summed E-state index contributed by atoms with van der Waals surface area (Å²) in [6.07, 6.45) is 1.57. The van der Waals surface area contributed by atoms with Gasteiger partial charge in [0.15, 0.2) is 0 Å². The highest BCUT2D eigenvalue weighted by Crippen LogP contribution is 2.31. The van der Waals surface area contributed by atoms with E-state index in [0.717, 1.165) is 18.4 Å². The van der Waals surface area contributed by atoms with Crippen LogP contribution in [0.5, 0.6) is 0 Å². The van der Waals surface area contributed by atoms with Gasteiger partial charge in [-0.05, 0) is 49.6 Å². The van der Waals surface area contributed by atoms with Crippen LogP contribution in [0, 0.1) is 6.92 Å². The highest BCUT2D eigenvalue weighted by Gasteiger charge is 2.30. The molecule has 0 atom stereocenters.